The van der Waals surface area contributed by atoms with Gasteiger partial charge in [-0.15, -0.1) is 0 Å². The Hall–Kier alpha value is -1.38. The van der Waals surface area contributed by atoms with Crippen molar-refractivity contribution in [1.29, 1.82) is 0 Å². The number of methoxy groups -OCH3 is 1. The summed E-state index contributed by atoms with van der Waals surface area (Å²) in [4.78, 5) is 12.6. The fraction of sp³-hybridized carbons (Fsp3) is 0.611. The molecule has 1 rings (SSSR count). The number of alkyl halides is 6. The predicted octanol–water partition coefficient (Wildman–Crippen LogP) is 5.92. The number of rotatable bonds is 7. The van der Waals surface area contributed by atoms with E-state index in [0.29, 0.717) is 12.1 Å². The van der Waals surface area contributed by atoms with Crippen molar-refractivity contribution in [3.05, 3.63) is 35.4 Å². The molecule has 0 fully saturated rings. The minimum atomic E-state index is -5.27. The Morgan fingerprint density at radius 1 is 0.867 bits per heavy atom. The molecule has 2 unspecified atom stereocenters. The summed E-state index contributed by atoms with van der Waals surface area (Å²) in [6.45, 7) is 9.14. The number of halogens is 6. The van der Waals surface area contributed by atoms with Crippen molar-refractivity contribution >= 4 is 22.6 Å². The summed E-state index contributed by atoms with van der Waals surface area (Å²) in [6.07, 6.45) is -12.0. The highest BCUT2D eigenvalue weighted by Gasteiger charge is 2.70. The van der Waals surface area contributed by atoms with Gasteiger partial charge in [0.15, 0.2) is 16.6 Å². The second-order valence-electron chi connectivity index (χ2n) is 8.67. The summed E-state index contributed by atoms with van der Waals surface area (Å²) < 4.78 is 97.8. The Bertz CT molecular complexity index is 736. The molecule has 0 amide bonds. The molecule has 172 valence electrons. The fourth-order valence-corrected chi connectivity index (χ4v) is 5.03. The number of carbonyl (C=O) groups is 1. The maximum Gasteiger partial charge on any atom is 0.430 e. The van der Waals surface area contributed by atoms with Gasteiger partial charge in [0.2, 0.25) is 0 Å². The van der Waals surface area contributed by atoms with Gasteiger partial charge in [-0.25, -0.2) is 4.79 Å². The average molecular weight is 477 g/mol. The average Bonchev–Trinajstić information content (AvgIpc) is 2.53. The molecule has 4 nitrogen and oxygen atoms in total. The van der Waals surface area contributed by atoms with E-state index in [-0.39, 0.29) is 5.56 Å². The van der Waals surface area contributed by atoms with Crippen LogP contribution in [0.3, 0.4) is 0 Å². The van der Waals surface area contributed by atoms with Gasteiger partial charge >= 0.3 is 18.3 Å². The van der Waals surface area contributed by atoms with Crippen molar-refractivity contribution in [2.24, 2.45) is 0 Å². The lowest BCUT2D eigenvalue weighted by atomic mass is 9.89. The van der Waals surface area contributed by atoms with Gasteiger partial charge in [0.1, 0.15) is 6.10 Å². The van der Waals surface area contributed by atoms with Crippen LogP contribution in [0, 0.1) is 0 Å². The molecule has 0 aliphatic heterocycles. The van der Waals surface area contributed by atoms with Gasteiger partial charge in [-0.1, -0.05) is 12.1 Å². The number of ether oxygens (including phenoxy) is 1. The van der Waals surface area contributed by atoms with Gasteiger partial charge in [0.05, 0.1) is 12.7 Å². The summed E-state index contributed by atoms with van der Waals surface area (Å²) in [5.74, 6) is -1.72. The highest BCUT2D eigenvalue weighted by atomic mass is 28.4. The molecule has 30 heavy (non-hydrogen) atoms. The standard InChI is InChI=1S/C18H26F6O4Si2/c1-26-15(25)16(18(22,23)24,28-30(5,6)7)14(27-29(2,3)4)12-8-10-13(11-9-12)17(19,20)21/h8-11,14H,1-7H3. The van der Waals surface area contributed by atoms with Crippen molar-refractivity contribution < 1.29 is 44.7 Å². The number of carbonyl (C=O) groups excluding carboxylic acids is 1. The van der Waals surface area contributed by atoms with Crippen molar-refractivity contribution in [1.82, 2.24) is 0 Å². The van der Waals surface area contributed by atoms with E-state index in [1.165, 1.54) is 19.6 Å². The topological polar surface area (TPSA) is 44.8 Å². The largest absolute Gasteiger partial charge is 0.467 e. The number of benzene rings is 1. The SMILES string of the molecule is COC(=O)C(O[Si](C)(C)C)(C(O[Si](C)(C)C)c1ccc(C(F)(F)F)cc1)C(F)(F)F. The molecule has 12 heteroatoms. The molecule has 0 aliphatic carbocycles. The fourth-order valence-electron chi connectivity index (χ4n) is 2.75. The van der Waals surface area contributed by atoms with E-state index in [9.17, 15) is 31.1 Å². The summed E-state index contributed by atoms with van der Waals surface area (Å²) in [5.41, 5.74) is -4.85. The molecule has 1 aromatic rings. The number of hydrogen-bond acceptors (Lipinski definition) is 4. The molecule has 0 radical (unpaired) electrons. The molecule has 2 atom stereocenters. The van der Waals surface area contributed by atoms with Crippen LogP contribution < -0.4 is 0 Å². The Labute approximate surface area is 173 Å². The number of hydrogen-bond donors (Lipinski definition) is 0. The van der Waals surface area contributed by atoms with E-state index >= 15 is 0 Å². The Balaban J connectivity index is 3.83. The molecule has 0 saturated carbocycles. The van der Waals surface area contributed by atoms with Crippen LogP contribution in [0.2, 0.25) is 39.3 Å². The van der Waals surface area contributed by atoms with Gasteiger partial charge in [-0.3, -0.25) is 0 Å². The van der Waals surface area contributed by atoms with Gasteiger partial charge in [0.25, 0.3) is 5.60 Å². The van der Waals surface area contributed by atoms with Crippen molar-refractivity contribution in [2.45, 2.75) is 63.3 Å². The van der Waals surface area contributed by atoms with E-state index in [1.54, 1.807) is 19.6 Å². The molecular formula is C18H26F6O4Si2. The first-order valence-electron chi connectivity index (χ1n) is 8.95. The van der Waals surface area contributed by atoms with Crippen LogP contribution in [0.15, 0.2) is 24.3 Å². The second-order valence-corrected chi connectivity index (χ2v) is 17.6. The van der Waals surface area contributed by atoms with E-state index in [4.69, 9.17) is 8.85 Å². The van der Waals surface area contributed by atoms with Gasteiger partial charge in [-0.2, -0.15) is 26.3 Å². The lowest BCUT2D eigenvalue weighted by molar-refractivity contribution is -0.279. The summed E-state index contributed by atoms with van der Waals surface area (Å²) in [7, 11) is -5.04. The normalized spacial score (nSPS) is 16.7. The smallest absolute Gasteiger partial charge is 0.430 e. The zero-order valence-electron chi connectivity index (χ0n) is 17.8. The maximum absolute atomic E-state index is 14.5. The first-order chi connectivity index (χ1) is 13.2. The van der Waals surface area contributed by atoms with Crippen molar-refractivity contribution in [3.63, 3.8) is 0 Å². The predicted molar refractivity (Wildman–Crippen MR) is 104 cm³/mol. The zero-order chi connectivity index (χ0) is 23.8. The van der Waals surface area contributed by atoms with E-state index in [0.717, 1.165) is 19.2 Å². The first kappa shape index (κ1) is 26.7. The van der Waals surface area contributed by atoms with Crippen LogP contribution in [-0.4, -0.2) is 41.5 Å². The molecule has 0 bridgehead atoms. The summed E-state index contributed by atoms with van der Waals surface area (Å²) >= 11 is 0. The monoisotopic (exact) mass is 476 g/mol. The highest BCUT2D eigenvalue weighted by molar-refractivity contribution is 6.70. The third-order valence-electron chi connectivity index (χ3n) is 3.76. The Morgan fingerprint density at radius 2 is 1.33 bits per heavy atom. The molecule has 1 aromatic carbocycles. The third kappa shape index (κ3) is 6.31. The van der Waals surface area contributed by atoms with Gasteiger partial charge in [0, 0.05) is 0 Å². The van der Waals surface area contributed by atoms with E-state index in [2.05, 4.69) is 4.74 Å². The van der Waals surface area contributed by atoms with Crippen LogP contribution in [0.5, 0.6) is 0 Å². The molecule has 0 N–H and O–H groups in total. The second kappa shape index (κ2) is 8.63. The Morgan fingerprint density at radius 3 is 1.63 bits per heavy atom. The third-order valence-corrected chi connectivity index (χ3v) is 5.64. The summed E-state index contributed by atoms with van der Waals surface area (Å²) in [5, 5.41) is 0. The maximum atomic E-state index is 14.5. The van der Waals surface area contributed by atoms with Crippen molar-refractivity contribution in [2.75, 3.05) is 7.11 Å². The lowest BCUT2D eigenvalue weighted by Crippen LogP contribution is -2.64. The molecule has 0 aromatic heterocycles. The molecule has 0 spiro atoms. The van der Waals surface area contributed by atoms with Crippen LogP contribution in [0.1, 0.15) is 17.2 Å². The van der Waals surface area contributed by atoms with Crippen LogP contribution in [0.4, 0.5) is 26.3 Å². The molecular weight excluding hydrogens is 450 g/mol. The van der Waals surface area contributed by atoms with E-state index in [1.807, 2.05) is 0 Å². The van der Waals surface area contributed by atoms with Gasteiger partial charge < -0.3 is 13.6 Å². The minimum absolute atomic E-state index is 0.272. The summed E-state index contributed by atoms with van der Waals surface area (Å²) in [6, 6.07) is 3.01. The number of esters is 1. The van der Waals surface area contributed by atoms with Gasteiger partial charge in [-0.05, 0) is 57.0 Å². The first-order valence-corrected chi connectivity index (χ1v) is 15.8. The molecule has 0 saturated heterocycles. The van der Waals surface area contributed by atoms with Crippen molar-refractivity contribution in [3.8, 4) is 0 Å². The van der Waals surface area contributed by atoms with Crippen LogP contribution in [0.25, 0.3) is 0 Å². The minimum Gasteiger partial charge on any atom is -0.467 e. The van der Waals surface area contributed by atoms with Crippen LogP contribution in [-0.2, 0) is 24.6 Å². The van der Waals surface area contributed by atoms with E-state index < -0.39 is 52.2 Å². The van der Waals surface area contributed by atoms with Crippen LogP contribution >= 0.6 is 0 Å². The quantitative estimate of drug-likeness (QED) is 0.278. The highest BCUT2D eigenvalue weighted by Crippen LogP contribution is 2.48. The Kier molecular flexibility index (Phi) is 7.67. The molecule has 0 aliphatic rings. The molecule has 0 heterocycles. The zero-order valence-corrected chi connectivity index (χ0v) is 19.8. The lowest BCUT2D eigenvalue weighted by Gasteiger charge is -2.44.